The van der Waals surface area contributed by atoms with E-state index in [0.717, 1.165) is 30.7 Å². The first-order chi connectivity index (χ1) is 12.0. The molecule has 7 heteroatoms. The maximum absolute atomic E-state index is 12.8. The van der Waals surface area contributed by atoms with Gasteiger partial charge in [-0.2, -0.15) is 0 Å². The van der Waals surface area contributed by atoms with Crippen molar-refractivity contribution in [1.29, 1.82) is 0 Å². The van der Waals surface area contributed by atoms with Crippen molar-refractivity contribution in [2.24, 2.45) is 0 Å². The van der Waals surface area contributed by atoms with Crippen molar-refractivity contribution < 1.29 is 9.21 Å². The fraction of sp³-hybridized carbons (Fsp3) is 0.500. The van der Waals surface area contributed by atoms with Crippen LogP contribution in [-0.2, 0) is 0 Å². The molecule has 0 bridgehead atoms. The van der Waals surface area contributed by atoms with Gasteiger partial charge >= 0.3 is 0 Å². The predicted molar refractivity (Wildman–Crippen MR) is 93.1 cm³/mol. The largest absolute Gasteiger partial charge is 0.468 e. The molecule has 0 aromatic carbocycles. The molecule has 7 nitrogen and oxygen atoms in total. The van der Waals surface area contributed by atoms with Crippen LogP contribution in [0.2, 0.25) is 0 Å². The minimum atomic E-state index is -0.163. The smallest absolute Gasteiger partial charge is 0.257 e. The molecule has 25 heavy (non-hydrogen) atoms. The molecule has 2 aromatic rings. The van der Waals surface area contributed by atoms with Gasteiger partial charge in [-0.1, -0.05) is 0 Å². The molecule has 4 rings (SSSR count). The molecular formula is C18H22N4O3. The molecule has 1 amide bonds. The number of anilines is 1. The van der Waals surface area contributed by atoms with Gasteiger partial charge in [-0.15, -0.1) is 0 Å². The number of carbonyl (C=O) groups is 1. The summed E-state index contributed by atoms with van der Waals surface area (Å²) in [5.41, 5.74) is 1.28. The van der Waals surface area contributed by atoms with Crippen molar-refractivity contribution >= 4 is 11.9 Å². The molecule has 1 saturated carbocycles. The second-order valence-electron chi connectivity index (χ2n) is 7.10. The third-order valence-corrected chi connectivity index (χ3v) is 4.94. The van der Waals surface area contributed by atoms with Crippen molar-refractivity contribution in [2.75, 3.05) is 32.1 Å². The Morgan fingerprint density at radius 2 is 2.12 bits per heavy atom. The van der Waals surface area contributed by atoms with Gasteiger partial charge in [0.25, 0.3) is 11.5 Å². The number of aromatic amines is 1. The molecule has 2 aromatic heterocycles. The van der Waals surface area contributed by atoms with Gasteiger partial charge in [0.15, 0.2) is 0 Å². The van der Waals surface area contributed by atoms with Gasteiger partial charge in [0.2, 0.25) is 5.95 Å². The van der Waals surface area contributed by atoms with E-state index in [1.54, 1.807) is 23.3 Å². The summed E-state index contributed by atoms with van der Waals surface area (Å²) in [6, 6.07) is 3.32. The Kier molecular flexibility index (Phi) is 3.86. The quantitative estimate of drug-likeness (QED) is 0.918. The van der Waals surface area contributed by atoms with Gasteiger partial charge < -0.3 is 14.2 Å². The first-order valence-electron chi connectivity index (χ1n) is 8.68. The highest BCUT2D eigenvalue weighted by atomic mass is 16.3. The van der Waals surface area contributed by atoms with Crippen LogP contribution in [0.1, 0.15) is 52.9 Å². The molecule has 1 atom stereocenters. The minimum absolute atomic E-state index is 0.0239. The number of carbonyl (C=O) groups excluding carboxylic acids is 1. The lowest BCUT2D eigenvalue weighted by molar-refractivity contribution is 0.0788. The Balaban J connectivity index is 1.52. The van der Waals surface area contributed by atoms with Crippen LogP contribution in [0, 0.1) is 0 Å². The van der Waals surface area contributed by atoms with E-state index in [1.807, 2.05) is 19.0 Å². The number of nitrogens with zero attached hydrogens (tertiary/aromatic N) is 3. The zero-order valence-electron chi connectivity index (χ0n) is 14.5. The number of amides is 1. The molecule has 0 spiro atoms. The maximum atomic E-state index is 12.8. The van der Waals surface area contributed by atoms with Crippen molar-refractivity contribution in [1.82, 2.24) is 14.9 Å². The second-order valence-corrected chi connectivity index (χ2v) is 7.10. The van der Waals surface area contributed by atoms with Crippen LogP contribution in [0.15, 0.2) is 27.6 Å². The van der Waals surface area contributed by atoms with Crippen LogP contribution in [0.5, 0.6) is 0 Å². The Hall–Kier alpha value is -2.57. The average molecular weight is 342 g/mol. The third kappa shape index (κ3) is 3.06. The van der Waals surface area contributed by atoms with E-state index >= 15 is 0 Å². The number of aromatic nitrogens is 2. The Labute approximate surface area is 145 Å². The molecule has 2 fully saturated rings. The summed E-state index contributed by atoms with van der Waals surface area (Å²) < 4.78 is 5.53. The molecule has 1 aliphatic heterocycles. The SMILES string of the molecule is CN(C)c1nc(C2CCN(C(=O)c3ccoc3C3CC3)C2)cc(=O)[nH]1. The summed E-state index contributed by atoms with van der Waals surface area (Å²) in [4.78, 5) is 35.6. The van der Waals surface area contributed by atoms with E-state index in [9.17, 15) is 9.59 Å². The summed E-state index contributed by atoms with van der Waals surface area (Å²) >= 11 is 0. The lowest BCUT2D eigenvalue weighted by Gasteiger charge is -2.17. The van der Waals surface area contributed by atoms with Gasteiger partial charge in [-0.05, 0) is 25.3 Å². The summed E-state index contributed by atoms with van der Waals surface area (Å²) in [6.45, 7) is 1.25. The van der Waals surface area contributed by atoms with Crippen molar-refractivity contribution in [3.8, 4) is 0 Å². The van der Waals surface area contributed by atoms with Crippen LogP contribution in [0.25, 0.3) is 0 Å². The number of furan rings is 1. The zero-order chi connectivity index (χ0) is 17.6. The lowest BCUT2D eigenvalue weighted by atomic mass is 10.0. The fourth-order valence-corrected chi connectivity index (χ4v) is 3.40. The highest BCUT2D eigenvalue weighted by Crippen LogP contribution is 2.42. The van der Waals surface area contributed by atoms with Gasteiger partial charge in [-0.3, -0.25) is 14.6 Å². The van der Waals surface area contributed by atoms with E-state index in [1.165, 1.54) is 0 Å². The Bertz CT molecular complexity index is 850. The predicted octanol–water partition coefficient (Wildman–Crippen LogP) is 1.94. The number of rotatable bonds is 4. The molecule has 1 saturated heterocycles. The minimum Gasteiger partial charge on any atom is -0.468 e. The van der Waals surface area contributed by atoms with Crippen LogP contribution in [0.3, 0.4) is 0 Å². The number of likely N-dealkylation sites (tertiary alicyclic amines) is 1. The summed E-state index contributed by atoms with van der Waals surface area (Å²) in [7, 11) is 3.68. The monoisotopic (exact) mass is 342 g/mol. The molecule has 2 aliphatic rings. The molecule has 1 unspecified atom stereocenters. The van der Waals surface area contributed by atoms with Crippen molar-refractivity contribution in [3.63, 3.8) is 0 Å². The first kappa shape index (κ1) is 15.9. The van der Waals surface area contributed by atoms with E-state index in [0.29, 0.717) is 30.5 Å². The van der Waals surface area contributed by atoms with Crippen LogP contribution in [0.4, 0.5) is 5.95 Å². The van der Waals surface area contributed by atoms with Crippen LogP contribution >= 0.6 is 0 Å². The van der Waals surface area contributed by atoms with E-state index in [4.69, 9.17) is 4.42 Å². The van der Waals surface area contributed by atoms with E-state index < -0.39 is 0 Å². The second kappa shape index (κ2) is 6.06. The van der Waals surface area contributed by atoms with Crippen molar-refractivity contribution in [3.05, 3.63) is 45.8 Å². The number of hydrogen-bond donors (Lipinski definition) is 1. The molecule has 132 valence electrons. The molecule has 1 aliphatic carbocycles. The Morgan fingerprint density at radius 1 is 1.32 bits per heavy atom. The van der Waals surface area contributed by atoms with Gasteiger partial charge in [0, 0.05) is 45.1 Å². The molecule has 1 N–H and O–H groups in total. The third-order valence-electron chi connectivity index (χ3n) is 4.94. The lowest BCUT2D eigenvalue weighted by Crippen LogP contribution is -2.29. The number of hydrogen-bond acceptors (Lipinski definition) is 5. The van der Waals surface area contributed by atoms with Crippen molar-refractivity contribution in [2.45, 2.75) is 31.1 Å². The topological polar surface area (TPSA) is 82.4 Å². The van der Waals surface area contributed by atoms with E-state index in [-0.39, 0.29) is 17.4 Å². The maximum Gasteiger partial charge on any atom is 0.257 e. The molecule has 0 radical (unpaired) electrons. The summed E-state index contributed by atoms with van der Waals surface area (Å²) in [5, 5.41) is 0. The van der Waals surface area contributed by atoms with Gasteiger partial charge in [-0.25, -0.2) is 4.98 Å². The summed E-state index contributed by atoms with van der Waals surface area (Å²) in [6.07, 6.45) is 4.61. The number of nitrogens with one attached hydrogen (secondary N) is 1. The van der Waals surface area contributed by atoms with Gasteiger partial charge in [0.05, 0.1) is 17.5 Å². The van der Waals surface area contributed by atoms with Gasteiger partial charge in [0.1, 0.15) is 5.76 Å². The highest BCUT2D eigenvalue weighted by molar-refractivity contribution is 5.95. The normalized spacial score (nSPS) is 20.1. The first-order valence-corrected chi connectivity index (χ1v) is 8.68. The fourth-order valence-electron chi connectivity index (χ4n) is 3.40. The highest BCUT2D eigenvalue weighted by Gasteiger charge is 2.35. The molecular weight excluding hydrogens is 320 g/mol. The summed E-state index contributed by atoms with van der Waals surface area (Å²) in [5.74, 6) is 1.89. The molecule has 3 heterocycles. The van der Waals surface area contributed by atoms with Crippen LogP contribution in [-0.4, -0.2) is 48.0 Å². The van der Waals surface area contributed by atoms with Crippen LogP contribution < -0.4 is 10.5 Å². The standard InChI is InChI=1S/C18H22N4O3/c1-21(2)18-19-14(9-15(23)20-18)12-5-7-22(10-12)17(24)13-6-8-25-16(13)11-3-4-11/h6,8-9,11-12H,3-5,7,10H2,1-2H3,(H,19,20,23). The Morgan fingerprint density at radius 3 is 2.84 bits per heavy atom. The average Bonchev–Trinajstić information content (AvgIpc) is 3.12. The number of H-pyrrole nitrogens is 1. The van der Waals surface area contributed by atoms with E-state index in [2.05, 4.69) is 9.97 Å². The zero-order valence-corrected chi connectivity index (χ0v) is 14.5.